The van der Waals surface area contributed by atoms with E-state index in [1.54, 1.807) is 0 Å². The Morgan fingerprint density at radius 2 is 1.57 bits per heavy atom. The van der Waals surface area contributed by atoms with E-state index in [0.717, 1.165) is 36.8 Å². The summed E-state index contributed by atoms with van der Waals surface area (Å²) in [5.41, 5.74) is 0. The molecule has 128 valence electrons. The standard InChI is InChI=1S/C19H42N2/c1-8-17(5)13-19(16(3)4)14-18(6)15-20-11-10-12-21(7)9-2/h16-20H,8-15H2,1-7H3. The van der Waals surface area contributed by atoms with Crippen LogP contribution in [0.3, 0.4) is 0 Å². The smallest absolute Gasteiger partial charge is 0.000981 e. The van der Waals surface area contributed by atoms with Gasteiger partial charge in [-0.25, -0.2) is 0 Å². The average molecular weight is 299 g/mol. The maximum atomic E-state index is 3.65. The molecule has 0 aromatic heterocycles. The Hall–Kier alpha value is -0.0800. The van der Waals surface area contributed by atoms with Crippen molar-refractivity contribution in [3.05, 3.63) is 0 Å². The van der Waals surface area contributed by atoms with Crippen molar-refractivity contribution in [1.29, 1.82) is 0 Å². The fourth-order valence-electron chi connectivity index (χ4n) is 2.90. The van der Waals surface area contributed by atoms with Crippen LogP contribution in [0.4, 0.5) is 0 Å². The van der Waals surface area contributed by atoms with Crippen LogP contribution >= 0.6 is 0 Å². The van der Waals surface area contributed by atoms with Crippen molar-refractivity contribution in [2.24, 2.45) is 23.7 Å². The molecule has 0 aliphatic carbocycles. The summed E-state index contributed by atoms with van der Waals surface area (Å²) in [5, 5.41) is 3.65. The molecule has 0 heterocycles. The lowest BCUT2D eigenvalue weighted by Gasteiger charge is -2.27. The van der Waals surface area contributed by atoms with Gasteiger partial charge < -0.3 is 10.2 Å². The number of nitrogens with one attached hydrogen (secondary N) is 1. The molecule has 1 N–H and O–H groups in total. The molecule has 0 aromatic rings. The van der Waals surface area contributed by atoms with E-state index < -0.39 is 0 Å². The third kappa shape index (κ3) is 11.2. The predicted octanol–water partition coefficient (Wildman–Crippen LogP) is 4.65. The van der Waals surface area contributed by atoms with Crippen molar-refractivity contribution in [2.45, 2.75) is 67.2 Å². The summed E-state index contributed by atoms with van der Waals surface area (Å²) in [5.74, 6) is 3.38. The molecule has 0 spiro atoms. The normalized spacial score (nSPS) is 16.4. The maximum absolute atomic E-state index is 3.65. The highest BCUT2D eigenvalue weighted by Gasteiger charge is 2.18. The maximum Gasteiger partial charge on any atom is -0.000981 e. The molecule has 0 rings (SSSR count). The second-order valence-electron chi connectivity index (χ2n) is 7.55. The minimum Gasteiger partial charge on any atom is -0.316 e. The molecular formula is C19H42N2. The van der Waals surface area contributed by atoms with E-state index in [1.807, 2.05) is 0 Å². The third-order valence-electron chi connectivity index (χ3n) is 4.98. The Kier molecular flexibility index (Phi) is 12.4. The van der Waals surface area contributed by atoms with E-state index in [0.29, 0.717) is 0 Å². The van der Waals surface area contributed by atoms with Crippen LogP contribution in [0.2, 0.25) is 0 Å². The van der Waals surface area contributed by atoms with Crippen LogP contribution in [0, 0.1) is 23.7 Å². The Morgan fingerprint density at radius 1 is 0.952 bits per heavy atom. The van der Waals surface area contributed by atoms with Crippen LogP contribution in [0.1, 0.15) is 67.2 Å². The molecule has 3 unspecified atom stereocenters. The quantitative estimate of drug-likeness (QED) is 0.498. The van der Waals surface area contributed by atoms with Gasteiger partial charge in [0.25, 0.3) is 0 Å². The van der Waals surface area contributed by atoms with Crippen molar-refractivity contribution in [1.82, 2.24) is 10.2 Å². The number of hydrogen-bond donors (Lipinski definition) is 1. The molecule has 2 heteroatoms. The minimum absolute atomic E-state index is 0.797. The number of hydrogen-bond acceptors (Lipinski definition) is 2. The second kappa shape index (κ2) is 12.5. The predicted molar refractivity (Wildman–Crippen MR) is 96.8 cm³/mol. The molecule has 2 nitrogen and oxygen atoms in total. The highest BCUT2D eigenvalue weighted by atomic mass is 15.1. The highest BCUT2D eigenvalue weighted by molar-refractivity contribution is 4.71. The molecular weight excluding hydrogens is 256 g/mol. The largest absolute Gasteiger partial charge is 0.316 e. The summed E-state index contributed by atoms with van der Waals surface area (Å²) in [6.45, 7) is 18.9. The van der Waals surface area contributed by atoms with Crippen LogP contribution in [-0.4, -0.2) is 38.1 Å². The van der Waals surface area contributed by atoms with Crippen LogP contribution < -0.4 is 5.32 Å². The molecule has 21 heavy (non-hydrogen) atoms. The van der Waals surface area contributed by atoms with Gasteiger partial charge in [0.15, 0.2) is 0 Å². The summed E-state index contributed by atoms with van der Waals surface area (Å²) >= 11 is 0. The first-order valence-corrected chi connectivity index (χ1v) is 9.29. The zero-order chi connectivity index (χ0) is 16.3. The first-order valence-electron chi connectivity index (χ1n) is 9.29. The Bertz CT molecular complexity index is 228. The fraction of sp³-hybridized carbons (Fsp3) is 1.00. The van der Waals surface area contributed by atoms with Gasteiger partial charge in [0.1, 0.15) is 0 Å². The molecule has 0 saturated heterocycles. The summed E-state index contributed by atoms with van der Waals surface area (Å²) in [6.07, 6.45) is 5.36. The van der Waals surface area contributed by atoms with Gasteiger partial charge in [-0.15, -0.1) is 0 Å². The van der Waals surface area contributed by atoms with Crippen LogP contribution in [0.15, 0.2) is 0 Å². The van der Waals surface area contributed by atoms with E-state index in [2.05, 4.69) is 58.8 Å². The van der Waals surface area contributed by atoms with Crippen molar-refractivity contribution in [2.75, 3.05) is 33.2 Å². The average Bonchev–Trinajstić information content (AvgIpc) is 2.45. The molecule has 0 saturated carbocycles. The SMILES string of the molecule is CCC(C)CC(CC(C)CNCCCN(C)CC)C(C)C. The first kappa shape index (κ1) is 20.9. The zero-order valence-corrected chi connectivity index (χ0v) is 15.9. The van der Waals surface area contributed by atoms with Gasteiger partial charge in [-0.3, -0.25) is 0 Å². The molecule has 0 aliphatic heterocycles. The van der Waals surface area contributed by atoms with Gasteiger partial charge in [0.05, 0.1) is 0 Å². The van der Waals surface area contributed by atoms with E-state index in [1.165, 1.54) is 38.8 Å². The summed E-state index contributed by atoms with van der Waals surface area (Å²) < 4.78 is 0. The van der Waals surface area contributed by atoms with Crippen molar-refractivity contribution in [3.63, 3.8) is 0 Å². The van der Waals surface area contributed by atoms with Gasteiger partial charge in [-0.05, 0) is 76.2 Å². The highest BCUT2D eigenvalue weighted by Crippen LogP contribution is 2.28. The second-order valence-corrected chi connectivity index (χ2v) is 7.55. The Labute approximate surface area is 135 Å². The fourth-order valence-corrected chi connectivity index (χ4v) is 2.90. The number of nitrogens with zero attached hydrogens (tertiary/aromatic N) is 1. The van der Waals surface area contributed by atoms with Gasteiger partial charge in [0.2, 0.25) is 0 Å². The van der Waals surface area contributed by atoms with Crippen LogP contribution in [0.25, 0.3) is 0 Å². The number of rotatable bonds is 13. The molecule has 0 bridgehead atoms. The van der Waals surface area contributed by atoms with E-state index in [4.69, 9.17) is 0 Å². The van der Waals surface area contributed by atoms with Crippen molar-refractivity contribution < 1.29 is 0 Å². The van der Waals surface area contributed by atoms with Crippen molar-refractivity contribution in [3.8, 4) is 0 Å². The molecule has 0 aliphatic rings. The molecule has 0 fully saturated rings. The summed E-state index contributed by atoms with van der Waals surface area (Å²) in [7, 11) is 2.20. The van der Waals surface area contributed by atoms with Gasteiger partial charge in [-0.2, -0.15) is 0 Å². The minimum atomic E-state index is 0.797. The Balaban J connectivity index is 3.85. The lowest BCUT2D eigenvalue weighted by molar-refractivity contribution is 0.248. The van der Waals surface area contributed by atoms with Gasteiger partial charge >= 0.3 is 0 Å². The monoisotopic (exact) mass is 298 g/mol. The van der Waals surface area contributed by atoms with Gasteiger partial charge in [-0.1, -0.05) is 48.0 Å². The Morgan fingerprint density at radius 3 is 2.10 bits per heavy atom. The molecule has 3 atom stereocenters. The van der Waals surface area contributed by atoms with Crippen molar-refractivity contribution >= 4 is 0 Å². The zero-order valence-electron chi connectivity index (χ0n) is 15.9. The van der Waals surface area contributed by atoms with E-state index in [-0.39, 0.29) is 0 Å². The van der Waals surface area contributed by atoms with Crippen LogP contribution in [0.5, 0.6) is 0 Å². The summed E-state index contributed by atoms with van der Waals surface area (Å²) in [4.78, 5) is 2.38. The first-order chi connectivity index (χ1) is 9.90. The molecule has 0 aromatic carbocycles. The molecule has 0 amide bonds. The third-order valence-corrected chi connectivity index (χ3v) is 4.98. The lowest BCUT2D eigenvalue weighted by Crippen LogP contribution is -2.28. The lowest BCUT2D eigenvalue weighted by atomic mass is 9.80. The topological polar surface area (TPSA) is 15.3 Å². The van der Waals surface area contributed by atoms with E-state index in [9.17, 15) is 0 Å². The van der Waals surface area contributed by atoms with E-state index >= 15 is 0 Å². The molecule has 0 radical (unpaired) electrons. The summed E-state index contributed by atoms with van der Waals surface area (Å²) in [6, 6.07) is 0. The van der Waals surface area contributed by atoms with Gasteiger partial charge in [0, 0.05) is 0 Å². The van der Waals surface area contributed by atoms with Crippen LogP contribution in [-0.2, 0) is 0 Å².